The lowest BCUT2D eigenvalue weighted by Crippen LogP contribution is -2.12. The minimum Gasteiger partial charge on any atom is -0.355 e. The quantitative estimate of drug-likeness (QED) is 0.177. The van der Waals surface area contributed by atoms with Crippen LogP contribution in [-0.2, 0) is 5.41 Å². The zero-order valence-electron chi connectivity index (χ0n) is 41.4. The number of aromatic nitrogens is 4. The van der Waals surface area contributed by atoms with Crippen LogP contribution >= 0.6 is 0 Å². The largest absolute Gasteiger partial charge is 0.355 e. The van der Waals surface area contributed by atoms with Gasteiger partial charge in [0.2, 0.25) is 0 Å². The minimum absolute atomic E-state index is 0.0852. The monoisotopic (exact) mass is 745 g/mol. The molecule has 0 saturated carbocycles. The molecule has 0 spiro atoms. The highest BCUT2D eigenvalue weighted by molar-refractivity contribution is 6.10. The second-order valence-corrected chi connectivity index (χ2v) is 14.9. The van der Waals surface area contributed by atoms with Gasteiger partial charge in [0, 0.05) is 39.6 Å². The van der Waals surface area contributed by atoms with Crippen LogP contribution in [0.5, 0.6) is 0 Å². The number of anilines is 2. The van der Waals surface area contributed by atoms with Gasteiger partial charge in [0.15, 0.2) is 0 Å². The minimum atomic E-state index is -0.564. The van der Waals surface area contributed by atoms with E-state index in [1.807, 2.05) is 77.5 Å². The molecule has 0 amide bonds. The Morgan fingerprint density at radius 2 is 1.21 bits per heavy atom. The third kappa shape index (κ3) is 6.14. The highest BCUT2D eigenvalue weighted by atomic mass is 15.1. The SMILES string of the molecule is [2H]c1c([2H])c([2H])c(-c2cccc(-c3c([2H])c([2H])c([2H])c([2H])c3[2H])c2-c2nc3ccccc3n2-c2cccc(Nc3ccc4c5ccccc5n(-c5cc(C(C)(C)C)ccn5)c4c3)c2)c([2H])c1[2H]. The molecule has 5 heteroatoms. The van der Waals surface area contributed by atoms with Crippen LogP contribution in [0, 0.1) is 0 Å². The van der Waals surface area contributed by atoms with Gasteiger partial charge >= 0.3 is 0 Å². The number of imidazole rings is 1. The number of rotatable bonds is 7. The number of nitrogens with one attached hydrogen (secondary N) is 1. The molecule has 0 aliphatic heterocycles. The Bertz CT molecular complexity index is 3540. The average Bonchev–Trinajstić information content (AvgIpc) is 3.87. The lowest BCUT2D eigenvalue weighted by molar-refractivity contribution is 0.588. The van der Waals surface area contributed by atoms with Crippen LogP contribution in [0.1, 0.15) is 40.0 Å². The first-order chi connectivity index (χ1) is 32.0. The number of fused-ring (bicyclic) bond motifs is 4. The van der Waals surface area contributed by atoms with Crippen molar-refractivity contribution in [1.82, 2.24) is 19.1 Å². The van der Waals surface area contributed by atoms with E-state index in [1.165, 1.54) is 0 Å². The van der Waals surface area contributed by atoms with E-state index in [0.29, 0.717) is 16.7 Å². The smallest absolute Gasteiger partial charge is 0.146 e. The predicted molar refractivity (Wildman–Crippen MR) is 238 cm³/mol. The summed E-state index contributed by atoms with van der Waals surface area (Å²) in [6, 6.07) is 33.4. The van der Waals surface area contributed by atoms with Crippen LogP contribution in [0.4, 0.5) is 11.4 Å². The Morgan fingerprint density at radius 1 is 0.561 bits per heavy atom. The molecule has 274 valence electrons. The van der Waals surface area contributed by atoms with Gasteiger partial charge in [-0.25, -0.2) is 9.97 Å². The van der Waals surface area contributed by atoms with E-state index >= 15 is 0 Å². The van der Waals surface area contributed by atoms with Crippen molar-refractivity contribution in [2.24, 2.45) is 0 Å². The summed E-state index contributed by atoms with van der Waals surface area (Å²) in [4.78, 5) is 9.97. The Hall–Kier alpha value is -7.24. The molecule has 0 fully saturated rings. The van der Waals surface area contributed by atoms with E-state index < -0.39 is 60.4 Å². The molecule has 3 aromatic heterocycles. The van der Waals surface area contributed by atoms with E-state index in [1.54, 1.807) is 18.2 Å². The fraction of sp³-hybridized carbons (Fsp3) is 0.0769. The van der Waals surface area contributed by atoms with Crippen molar-refractivity contribution in [3.05, 3.63) is 194 Å². The van der Waals surface area contributed by atoms with Crippen molar-refractivity contribution in [1.29, 1.82) is 0 Å². The van der Waals surface area contributed by atoms with Crippen LogP contribution in [0.15, 0.2) is 188 Å². The molecule has 0 unspecified atom stereocenters. The Labute approximate surface area is 346 Å². The van der Waals surface area contributed by atoms with Gasteiger partial charge in [-0.15, -0.1) is 0 Å². The number of hydrogen-bond acceptors (Lipinski definition) is 3. The van der Waals surface area contributed by atoms with Gasteiger partial charge in [-0.1, -0.05) is 142 Å². The third-order valence-electron chi connectivity index (χ3n) is 10.3. The summed E-state index contributed by atoms with van der Waals surface area (Å²) < 4.78 is 91.4. The fourth-order valence-electron chi connectivity index (χ4n) is 7.63. The molecule has 0 saturated heterocycles. The lowest BCUT2D eigenvalue weighted by atomic mass is 9.88. The molecule has 1 N–H and O–H groups in total. The second-order valence-electron chi connectivity index (χ2n) is 14.9. The summed E-state index contributed by atoms with van der Waals surface area (Å²) in [5.41, 5.74) is 6.74. The van der Waals surface area contributed by atoms with Crippen LogP contribution in [0.3, 0.4) is 0 Å². The first-order valence-electron chi connectivity index (χ1n) is 23.7. The van der Waals surface area contributed by atoms with Crippen LogP contribution in [0.2, 0.25) is 0 Å². The van der Waals surface area contributed by atoms with Gasteiger partial charge in [-0.05, 0) is 93.9 Å². The van der Waals surface area contributed by atoms with E-state index in [2.05, 4.69) is 67.1 Å². The molecule has 0 atom stereocenters. The highest BCUT2D eigenvalue weighted by Crippen LogP contribution is 2.42. The van der Waals surface area contributed by atoms with E-state index in [0.717, 1.165) is 44.6 Å². The van der Waals surface area contributed by atoms with Crippen molar-refractivity contribution in [3.8, 4) is 45.1 Å². The molecule has 7 aromatic carbocycles. The number of pyridine rings is 1. The Morgan fingerprint density at radius 3 is 1.95 bits per heavy atom. The van der Waals surface area contributed by atoms with Gasteiger partial charge in [-0.2, -0.15) is 0 Å². The summed E-state index contributed by atoms with van der Waals surface area (Å²) in [7, 11) is 0. The Kier molecular flexibility index (Phi) is 6.06. The molecule has 10 rings (SSSR count). The summed E-state index contributed by atoms with van der Waals surface area (Å²) in [5, 5.41) is 5.79. The van der Waals surface area contributed by atoms with Crippen molar-refractivity contribution >= 4 is 44.2 Å². The lowest BCUT2D eigenvalue weighted by Gasteiger charge is -2.20. The average molecular weight is 746 g/mol. The van der Waals surface area contributed by atoms with Gasteiger partial charge < -0.3 is 5.32 Å². The molecular weight excluding hydrogens is 695 g/mol. The zero-order chi connectivity index (χ0) is 47.2. The summed E-state index contributed by atoms with van der Waals surface area (Å²) in [5.74, 6) is 1.06. The number of nitrogens with zero attached hydrogens (tertiary/aromatic N) is 4. The molecule has 0 radical (unpaired) electrons. The van der Waals surface area contributed by atoms with Crippen molar-refractivity contribution in [3.63, 3.8) is 0 Å². The van der Waals surface area contributed by atoms with Gasteiger partial charge in [-0.3, -0.25) is 9.13 Å². The molecule has 0 bridgehead atoms. The summed E-state index contributed by atoms with van der Waals surface area (Å²) in [6.45, 7) is 6.55. The van der Waals surface area contributed by atoms with Crippen molar-refractivity contribution < 1.29 is 13.7 Å². The van der Waals surface area contributed by atoms with E-state index in [-0.39, 0.29) is 39.1 Å². The topological polar surface area (TPSA) is 47.7 Å². The van der Waals surface area contributed by atoms with Gasteiger partial charge in [0.25, 0.3) is 0 Å². The Balaban J connectivity index is 1.19. The zero-order valence-corrected chi connectivity index (χ0v) is 31.4. The molecule has 0 aliphatic rings. The van der Waals surface area contributed by atoms with Crippen molar-refractivity contribution in [2.75, 3.05) is 5.32 Å². The maximum absolute atomic E-state index is 9.05. The first kappa shape index (κ1) is 25.0. The standard InChI is InChI=1S/C52H41N5/c1-52(2,3)37-30-31-53-49(32-37)57-46-26-12-10-22-43(46)44-29-28-39(34-48(44)57)54-38-20-14-21-40(33-38)56-47-27-13-11-25-45(47)55-51(56)50-41(35-16-6-4-7-17-35)23-15-24-42(50)36-18-8-5-9-19-36/h4-34,54H,1-3H3/i4D,5D,6D,7D,8D,9D,16D,17D,18D,19D. The fourth-order valence-corrected chi connectivity index (χ4v) is 7.63. The molecule has 10 aromatic rings. The highest BCUT2D eigenvalue weighted by Gasteiger charge is 2.22. The second kappa shape index (κ2) is 13.8. The summed E-state index contributed by atoms with van der Waals surface area (Å²) >= 11 is 0. The molecule has 5 nitrogen and oxygen atoms in total. The van der Waals surface area contributed by atoms with Gasteiger partial charge in [0.1, 0.15) is 11.6 Å². The molecule has 3 heterocycles. The van der Waals surface area contributed by atoms with E-state index in [4.69, 9.17) is 23.7 Å². The van der Waals surface area contributed by atoms with Crippen molar-refractivity contribution in [2.45, 2.75) is 26.2 Å². The molecular formula is C52H41N5. The number of benzene rings is 7. The normalized spacial score (nSPS) is 14.2. The molecule has 0 aliphatic carbocycles. The van der Waals surface area contributed by atoms with Gasteiger partial charge in [0.05, 0.1) is 35.8 Å². The molecule has 57 heavy (non-hydrogen) atoms. The van der Waals surface area contributed by atoms with Crippen LogP contribution in [0.25, 0.3) is 78.0 Å². The maximum Gasteiger partial charge on any atom is 0.146 e. The number of hydrogen-bond donors (Lipinski definition) is 1. The maximum atomic E-state index is 9.05. The van der Waals surface area contributed by atoms with Crippen LogP contribution in [-0.4, -0.2) is 19.1 Å². The third-order valence-corrected chi connectivity index (χ3v) is 10.3. The first-order valence-corrected chi connectivity index (χ1v) is 18.7. The number of para-hydroxylation sites is 3. The van der Waals surface area contributed by atoms with E-state index in [9.17, 15) is 0 Å². The van der Waals surface area contributed by atoms with Crippen LogP contribution < -0.4 is 5.32 Å². The summed E-state index contributed by atoms with van der Waals surface area (Å²) in [6.07, 6.45) is 1.86. The predicted octanol–water partition coefficient (Wildman–Crippen LogP) is 13.6.